The van der Waals surface area contributed by atoms with Gasteiger partial charge in [-0.05, 0) is 50.6 Å². The average Bonchev–Trinajstić information content (AvgIpc) is 3.23. The Labute approximate surface area is 229 Å². The molecule has 0 bridgehead atoms. The quantitative estimate of drug-likeness (QED) is 0.377. The highest BCUT2D eigenvalue weighted by atomic mass is 16.5. The Kier molecular flexibility index (Phi) is 9.22. The fourth-order valence-electron chi connectivity index (χ4n) is 4.89. The number of aromatic nitrogens is 3. The summed E-state index contributed by atoms with van der Waals surface area (Å²) in [5.74, 6) is 0.518. The summed E-state index contributed by atoms with van der Waals surface area (Å²) in [7, 11) is 3.84. The number of carbonyl (C=O) groups is 1. The summed E-state index contributed by atoms with van der Waals surface area (Å²) in [5.41, 5.74) is 4.16. The molecule has 2 aromatic heterocycles. The minimum Gasteiger partial charge on any atom is -0.464 e. The number of imidazole rings is 1. The van der Waals surface area contributed by atoms with Crippen LogP contribution in [0.4, 0.5) is 0 Å². The summed E-state index contributed by atoms with van der Waals surface area (Å²) >= 11 is 0. The van der Waals surface area contributed by atoms with Crippen LogP contribution in [0.25, 0.3) is 22.4 Å². The highest BCUT2D eigenvalue weighted by molar-refractivity contribution is 5.81. The van der Waals surface area contributed by atoms with Gasteiger partial charge in [0.25, 0.3) is 5.56 Å². The minimum absolute atomic E-state index is 0.0125. The molecule has 2 N–H and O–H groups in total. The van der Waals surface area contributed by atoms with Crippen LogP contribution in [0, 0.1) is 12.8 Å². The second kappa shape index (κ2) is 12.4. The first-order valence-electron chi connectivity index (χ1n) is 13.6. The maximum atomic E-state index is 12.5. The first-order chi connectivity index (χ1) is 18.5. The van der Waals surface area contributed by atoms with Gasteiger partial charge in [0.15, 0.2) is 0 Å². The number of nitrogens with zero attached hydrogens (tertiary/aromatic N) is 4. The Morgan fingerprint density at radius 2 is 2.03 bits per heavy atom. The van der Waals surface area contributed by atoms with E-state index in [0.29, 0.717) is 31.9 Å². The van der Waals surface area contributed by atoms with Crippen LogP contribution < -0.4 is 10.9 Å². The molecule has 1 aromatic carbocycles. The van der Waals surface area contributed by atoms with E-state index in [1.54, 1.807) is 18.5 Å². The Bertz CT molecular complexity index is 1340. The third-order valence-electron chi connectivity index (χ3n) is 6.98. The van der Waals surface area contributed by atoms with E-state index in [9.17, 15) is 14.7 Å². The number of pyridine rings is 1. The lowest BCUT2D eigenvalue weighted by atomic mass is 10.1. The van der Waals surface area contributed by atoms with Gasteiger partial charge < -0.3 is 28.6 Å². The highest BCUT2D eigenvalue weighted by Gasteiger charge is 2.26. The SMILES string of the molecule is Cc1cc(-c2nc3cc(CN[C@H](C(=O)OCC(C)C)[C@@H](C)O)ccc3n2C[C@H]2CN(C)CCO2)cn(C)c1=O. The number of ether oxygens (including phenoxy) is 2. The number of benzene rings is 1. The van der Waals surface area contributed by atoms with E-state index in [-0.39, 0.29) is 17.6 Å². The highest BCUT2D eigenvalue weighted by Crippen LogP contribution is 2.27. The standard InChI is InChI=1S/C29H41N5O5/c1-18(2)17-39-29(37)26(20(4)35)30-13-21-7-8-25-24(12-21)31-27(22-11-19(3)28(36)33(6)14-22)34(25)16-23-15-32(5)9-10-38-23/h7-8,11-12,14,18,20,23,26,30,35H,9-10,13,15-17H2,1-6H3/t20-,23-,26+/m1/s1. The van der Waals surface area contributed by atoms with E-state index in [2.05, 4.69) is 21.8 Å². The zero-order valence-corrected chi connectivity index (χ0v) is 23.8. The molecule has 3 aromatic rings. The van der Waals surface area contributed by atoms with E-state index in [1.807, 2.05) is 51.2 Å². The van der Waals surface area contributed by atoms with Gasteiger partial charge >= 0.3 is 5.97 Å². The molecular weight excluding hydrogens is 498 g/mol. The molecule has 1 saturated heterocycles. The Morgan fingerprint density at radius 1 is 1.26 bits per heavy atom. The molecule has 0 amide bonds. The van der Waals surface area contributed by atoms with Gasteiger partial charge in [-0.15, -0.1) is 0 Å². The van der Waals surface area contributed by atoms with Gasteiger partial charge in [0.2, 0.25) is 0 Å². The molecule has 10 heteroatoms. The van der Waals surface area contributed by atoms with Crippen LogP contribution in [0.5, 0.6) is 0 Å². The summed E-state index contributed by atoms with van der Waals surface area (Å²) in [6.07, 6.45) is 0.929. The molecule has 0 saturated carbocycles. The van der Waals surface area contributed by atoms with Crippen LogP contribution in [-0.4, -0.2) is 81.7 Å². The third kappa shape index (κ3) is 6.94. The normalized spacial score (nSPS) is 18.0. The molecule has 1 aliphatic rings. The first-order valence-corrected chi connectivity index (χ1v) is 13.6. The zero-order chi connectivity index (χ0) is 28.3. The second-order valence-electron chi connectivity index (χ2n) is 11.1. The molecular formula is C29H41N5O5. The van der Waals surface area contributed by atoms with Crippen molar-refractivity contribution in [3.8, 4) is 11.4 Å². The van der Waals surface area contributed by atoms with Crippen LogP contribution in [0.3, 0.4) is 0 Å². The molecule has 0 unspecified atom stereocenters. The van der Waals surface area contributed by atoms with Crippen molar-refractivity contribution in [3.63, 3.8) is 0 Å². The van der Waals surface area contributed by atoms with Gasteiger partial charge in [-0.25, -0.2) is 4.98 Å². The van der Waals surface area contributed by atoms with Gasteiger partial charge in [0, 0.05) is 44.0 Å². The van der Waals surface area contributed by atoms with E-state index in [1.165, 1.54) is 0 Å². The van der Waals surface area contributed by atoms with Gasteiger partial charge in [-0.1, -0.05) is 19.9 Å². The van der Waals surface area contributed by atoms with Crippen LogP contribution in [-0.2, 0) is 34.4 Å². The van der Waals surface area contributed by atoms with E-state index >= 15 is 0 Å². The van der Waals surface area contributed by atoms with Gasteiger partial charge in [-0.2, -0.15) is 0 Å². The van der Waals surface area contributed by atoms with Crippen molar-refractivity contribution in [2.24, 2.45) is 13.0 Å². The zero-order valence-electron chi connectivity index (χ0n) is 23.8. The molecule has 1 fully saturated rings. The number of nitrogens with one attached hydrogen (secondary N) is 1. The van der Waals surface area contributed by atoms with E-state index in [4.69, 9.17) is 14.5 Å². The summed E-state index contributed by atoms with van der Waals surface area (Å²) < 4.78 is 15.2. The second-order valence-corrected chi connectivity index (χ2v) is 11.1. The molecule has 3 atom stereocenters. The van der Waals surface area contributed by atoms with Crippen molar-refractivity contribution < 1.29 is 19.4 Å². The molecule has 39 heavy (non-hydrogen) atoms. The lowest BCUT2D eigenvalue weighted by molar-refractivity contribution is -0.150. The van der Waals surface area contributed by atoms with E-state index < -0.39 is 18.1 Å². The number of carbonyl (C=O) groups excluding carboxylic acids is 1. The molecule has 10 nitrogen and oxygen atoms in total. The lowest BCUT2D eigenvalue weighted by Crippen LogP contribution is -2.45. The number of fused-ring (bicyclic) bond motifs is 1. The topological polar surface area (TPSA) is 111 Å². The largest absolute Gasteiger partial charge is 0.464 e. The van der Waals surface area contributed by atoms with Crippen molar-refractivity contribution in [1.29, 1.82) is 0 Å². The molecule has 0 spiro atoms. The number of hydrogen-bond acceptors (Lipinski definition) is 8. The van der Waals surface area contributed by atoms with Crippen molar-refractivity contribution >= 4 is 17.0 Å². The van der Waals surface area contributed by atoms with Crippen molar-refractivity contribution in [2.45, 2.75) is 59.0 Å². The predicted molar refractivity (Wildman–Crippen MR) is 150 cm³/mol. The number of hydrogen-bond donors (Lipinski definition) is 2. The molecule has 0 radical (unpaired) electrons. The molecule has 212 valence electrons. The summed E-state index contributed by atoms with van der Waals surface area (Å²) in [6.45, 7) is 11.0. The number of morpholine rings is 1. The van der Waals surface area contributed by atoms with Crippen LogP contribution in [0.1, 0.15) is 31.9 Å². The Balaban J connectivity index is 1.65. The minimum atomic E-state index is -0.902. The first kappa shape index (κ1) is 28.9. The predicted octanol–water partition coefficient (Wildman–Crippen LogP) is 2.08. The fourth-order valence-corrected chi connectivity index (χ4v) is 4.89. The number of likely N-dealkylation sites (N-methyl/N-ethyl adjacent to an activating group) is 1. The van der Waals surface area contributed by atoms with Crippen LogP contribution >= 0.6 is 0 Å². The number of esters is 1. The smallest absolute Gasteiger partial charge is 0.325 e. The molecule has 3 heterocycles. The van der Waals surface area contributed by atoms with Crippen molar-refractivity contribution in [3.05, 3.63) is 51.9 Å². The maximum absolute atomic E-state index is 12.5. The van der Waals surface area contributed by atoms with Crippen LogP contribution in [0.2, 0.25) is 0 Å². The number of aliphatic hydroxyl groups is 1. The summed E-state index contributed by atoms with van der Waals surface area (Å²) in [6, 6.07) is 7.06. The van der Waals surface area contributed by atoms with E-state index in [0.717, 1.165) is 41.1 Å². The molecule has 1 aliphatic heterocycles. The van der Waals surface area contributed by atoms with Crippen LogP contribution in [0.15, 0.2) is 35.3 Å². The number of rotatable bonds is 10. The van der Waals surface area contributed by atoms with Crippen molar-refractivity contribution in [1.82, 2.24) is 24.3 Å². The Hall–Kier alpha value is -3.05. The molecule has 4 rings (SSSR count). The van der Waals surface area contributed by atoms with Gasteiger partial charge in [0.1, 0.15) is 11.9 Å². The fraction of sp³-hybridized carbons (Fsp3) is 0.552. The summed E-state index contributed by atoms with van der Waals surface area (Å²) in [4.78, 5) is 32.1. The van der Waals surface area contributed by atoms with Crippen molar-refractivity contribution in [2.75, 3.05) is 33.4 Å². The average molecular weight is 540 g/mol. The van der Waals surface area contributed by atoms with Gasteiger partial charge in [-0.3, -0.25) is 14.9 Å². The monoisotopic (exact) mass is 539 g/mol. The lowest BCUT2D eigenvalue weighted by Gasteiger charge is -2.30. The maximum Gasteiger partial charge on any atom is 0.325 e. The van der Waals surface area contributed by atoms with Gasteiger partial charge in [0.05, 0.1) is 43.0 Å². The Morgan fingerprint density at radius 3 is 2.69 bits per heavy atom. The summed E-state index contributed by atoms with van der Waals surface area (Å²) in [5, 5.41) is 13.3. The molecule has 0 aliphatic carbocycles. The number of aryl methyl sites for hydroxylation is 2. The third-order valence-corrected chi connectivity index (χ3v) is 6.98. The number of aliphatic hydroxyl groups excluding tert-OH is 1.